The number of nitrogens with zero attached hydrogens (tertiary/aromatic N) is 3. The number of nitrogens with one attached hydrogen (secondary N) is 2. The third-order valence-electron chi connectivity index (χ3n) is 3.15. The summed E-state index contributed by atoms with van der Waals surface area (Å²) in [6, 6.07) is 11.3. The summed E-state index contributed by atoms with van der Waals surface area (Å²) in [7, 11) is 5.56. The van der Waals surface area contributed by atoms with Gasteiger partial charge in [0.2, 0.25) is 0 Å². The van der Waals surface area contributed by atoms with Crippen molar-refractivity contribution in [2.45, 2.75) is 0 Å². The maximum Gasteiger partial charge on any atom is 0.271 e. The van der Waals surface area contributed by atoms with Crippen LogP contribution in [0.4, 0.5) is 17.2 Å². The van der Waals surface area contributed by atoms with Crippen molar-refractivity contribution in [2.24, 2.45) is 0 Å². The van der Waals surface area contributed by atoms with E-state index in [0.717, 1.165) is 11.4 Å². The first-order chi connectivity index (χ1) is 11.1. The third-order valence-corrected chi connectivity index (χ3v) is 3.15. The number of carbonyl (C=O) groups is 1. The second-order valence-corrected chi connectivity index (χ2v) is 5.12. The maximum absolute atomic E-state index is 11.8. The first-order valence-corrected chi connectivity index (χ1v) is 7.25. The summed E-state index contributed by atoms with van der Waals surface area (Å²) in [5.74, 6) is 0.312. The van der Waals surface area contributed by atoms with Crippen LogP contribution in [0.1, 0.15) is 10.5 Å². The van der Waals surface area contributed by atoms with Gasteiger partial charge in [0.15, 0.2) is 11.5 Å². The average Bonchev–Trinajstić information content (AvgIpc) is 2.56. The van der Waals surface area contributed by atoms with Crippen molar-refractivity contribution in [3.8, 4) is 0 Å². The zero-order valence-electron chi connectivity index (χ0n) is 13.5. The van der Waals surface area contributed by atoms with E-state index in [1.165, 1.54) is 0 Å². The van der Waals surface area contributed by atoms with Crippen molar-refractivity contribution in [3.05, 3.63) is 42.1 Å². The van der Waals surface area contributed by atoms with Crippen molar-refractivity contribution in [3.63, 3.8) is 0 Å². The summed E-state index contributed by atoms with van der Waals surface area (Å²) < 4.78 is 4.87. The number of methoxy groups -OCH3 is 1. The Morgan fingerprint density at radius 2 is 1.87 bits per heavy atom. The number of aromatic nitrogens is 2. The number of benzene rings is 1. The summed E-state index contributed by atoms with van der Waals surface area (Å²) in [5.41, 5.74) is 2.29. The van der Waals surface area contributed by atoms with Crippen LogP contribution in [0.25, 0.3) is 0 Å². The lowest BCUT2D eigenvalue weighted by Gasteiger charge is -2.13. The van der Waals surface area contributed by atoms with Crippen LogP contribution in [0.2, 0.25) is 0 Å². The molecule has 0 bridgehead atoms. The molecule has 2 N–H and O–H groups in total. The monoisotopic (exact) mass is 315 g/mol. The van der Waals surface area contributed by atoms with Gasteiger partial charge in [0.25, 0.3) is 5.91 Å². The molecular formula is C16H21N5O2. The van der Waals surface area contributed by atoms with Crippen LogP contribution in [0.3, 0.4) is 0 Å². The quantitative estimate of drug-likeness (QED) is 0.757. The topological polar surface area (TPSA) is 79.4 Å². The zero-order valence-corrected chi connectivity index (χ0v) is 13.5. The molecular weight excluding hydrogens is 294 g/mol. The van der Waals surface area contributed by atoms with E-state index in [0.29, 0.717) is 19.0 Å². The SMILES string of the molecule is COCCNC(=O)c1ccc(Nc2ccc(N(C)C)cc2)nn1. The molecule has 7 heteroatoms. The van der Waals surface area contributed by atoms with E-state index in [1.54, 1.807) is 19.2 Å². The van der Waals surface area contributed by atoms with E-state index < -0.39 is 0 Å². The van der Waals surface area contributed by atoms with Crippen LogP contribution >= 0.6 is 0 Å². The number of carbonyl (C=O) groups excluding carboxylic acids is 1. The van der Waals surface area contributed by atoms with Gasteiger partial charge in [0.05, 0.1) is 6.61 Å². The van der Waals surface area contributed by atoms with Crippen LogP contribution in [-0.4, -0.2) is 50.5 Å². The van der Waals surface area contributed by atoms with Gasteiger partial charge in [-0.25, -0.2) is 0 Å². The van der Waals surface area contributed by atoms with E-state index in [1.807, 2.05) is 43.3 Å². The number of hydrogen-bond donors (Lipinski definition) is 2. The van der Waals surface area contributed by atoms with Crippen molar-refractivity contribution in [2.75, 3.05) is 44.6 Å². The van der Waals surface area contributed by atoms with Gasteiger partial charge in [-0.15, -0.1) is 10.2 Å². The second kappa shape index (κ2) is 8.09. The number of amides is 1. The highest BCUT2D eigenvalue weighted by Gasteiger charge is 2.07. The van der Waals surface area contributed by atoms with Crippen LogP contribution < -0.4 is 15.5 Å². The molecule has 0 aliphatic carbocycles. The fourth-order valence-corrected chi connectivity index (χ4v) is 1.87. The molecule has 0 unspecified atom stereocenters. The molecule has 0 atom stereocenters. The van der Waals surface area contributed by atoms with Crippen molar-refractivity contribution < 1.29 is 9.53 Å². The van der Waals surface area contributed by atoms with Crippen molar-refractivity contribution in [1.29, 1.82) is 0 Å². The lowest BCUT2D eigenvalue weighted by molar-refractivity contribution is 0.0931. The Labute approximate surface area is 135 Å². The molecule has 1 heterocycles. The normalized spacial score (nSPS) is 10.2. The van der Waals surface area contributed by atoms with Crippen molar-refractivity contribution >= 4 is 23.1 Å². The predicted octanol–water partition coefficient (Wildman–Crippen LogP) is 1.66. The lowest BCUT2D eigenvalue weighted by Crippen LogP contribution is -2.27. The molecule has 7 nitrogen and oxygen atoms in total. The largest absolute Gasteiger partial charge is 0.383 e. The maximum atomic E-state index is 11.8. The number of hydrogen-bond acceptors (Lipinski definition) is 6. The third kappa shape index (κ3) is 4.93. The Bertz CT molecular complexity index is 626. The van der Waals surface area contributed by atoms with Gasteiger partial charge in [-0.1, -0.05) is 0 Å². The Hall–Kier alpha value is -2.67. The molecule has 0 radical (unpaired) electrons. The molecule has 122 valence electrons. The van der Waals surface area contributed by atoms with Crippen molar-refractivity contribution in [1.82, 2.24) is 15.5 Å². The highest BCUT2D eigenvalue weighted by atomic mass is 16.5. The highest BCUT2D eigenvalue weighted by Crippen LogP contribution is 2.18. The minimum absolute atomic E-state index is 0.267. The Balaban J connectivity index is 1.95. The molecule has 0 aliphatic heterocycles. The number of anilines is 3. The summed E-state index contributed by atoms with van der Waals surface area (Å²) in [5, 5.41) is 13.8. The standard InChI is InChI=1S/C16H21N5O2/c1-21(2)13-6-4-12(5-7-13)18-15-9-8-14(19-20-15)16(22)17-10-11-23-3/h4-9H,10-11H2,1-3H3,(H,17,22)(H,18,20). The van der Waals surface area contributed by atoms with Crippen LogP contribution in [0.5, 0.6) is 0 Å². The Kier molecular flexibility index (Phi) is 5.87. The van der Waals surface area contributed by atoms with Gasteiger partial charge in [-0.3, -0.25) is 4.79 Å². The molecule has 0 aliphatic rings. The first kappa shape index (κ1) is 16.7. The van der Waals surface area contributed by atoms with E-state index >= 15 is 0 Å². The fraction of sp³-hybridized carbons (Fsp3) is 0.312. The van der Waals surface area contributed by atoms with Gasteiger partial charge in [-0.2, -0.15) is 0 Å². The van der Waals surface area contributed by atoms with Crippen LogP contribution in [0.15, 0.2) is 36.4 Å². The minimum Gasteiger partial charge on any atom is -0.383 e. The minimum atomic E-state index is -0.267. The lowest BCUT2D eigenvalue weighted by atomic mass is 10.2. The van der Waals surface area contributed by atoms with E-state index in [4.69, 9.17) is 4.74 Å². The molecule has 2 rings (SSSR count). The first-order valence-electron chi connectivity index (χ1n) is 7.25. The second-order valence-electron chi connectivity index (χ2n) is 5.12. The van der Waals surface area contributed by atoms with Gasteiger partial charge in [0.1, 0.15) is 0 Å². The van der Waals surface area contributed by atoms with Gasteiger partial charge < -0.3 is 20.3 Å². The molecule has 23 heavy (non-hydrogen) atoms. The average molecular weight is 315 g/mol. The highest BCUT2D eigenvalue weighted by molar-refractivity contribution is 5.92. The fourth-order valence-electron chi connectivity index (χ4n) is 1.87. The van der Waals surface area contributed by atoms with E-state index in [9.17, 15) is 4.79 Å². The molecule has 0 fully saturated rings. The molecule has 1 aromatic heterocycles. The van der Waals surface area contributed by atoms with Crippen LogP contribution in [-0.2, 0) is 4.74 Å². The Morgan fingerprint density at radius 1 is 1.13 bits per heavy atom. The number of rotatable bonds is 7. The predicted molar refractivity (Wildman–Crippen MR) is 90.3 cm³/mol. The molecule has 0 saturated heterocycles. The summed E-state index contributed by atoms with van der Waals surface area (Å²) in [6.07, 6.45) is 0. The molecule has 2 aromatic rings. The van der Waals surface area contributed by atoms with E-state index in [2.05, 4.69) is 20.8 Å². The molecule has 1 amide bonds. The van der Waals surface area contributed by atoms with Gasteiger partial charge >= 0.3 is 0 Å². The van der Waals surface area contributed by atoms with Gasteiger partial charge in [-0.05, 0) is 36.4 Å². The Morgan fingerprint density at radius 3 is 2.43 bits per heavy atom. The molecule has 0 saturated carbocycles. The number of ether oxygens (including phenoxy) is 1. The zero-order chi connectivity index (χ0) is 16.7. The molecule has 0 spiro atoms. The van der Waals surface area contributed by atoms with Crippen LogP contribution in [0, 0.1) is 0 Å². The van der Waals surface area contributed by atoms with Gasteiger partial charge in [0, 0.05) is 39.1 Å². The van der Waals surface area contributed by atoms with E-state index in [-0.39, 0.29) is 11.6 Å². The summed E-state index contributed by atoms with van der Waals surface area (Å²) >= 11 is 0. The molecule has 1 aromatic carbocycles. The summed E-state index contributed by atoms with van der Waals surface area (Å²) in [4.78, 5) is 13.8. The summed E-state index contributed by atoms with van der Waals surface area (Å²) in [6.45, 7) is 0.900. The smallest absolute Gasteiger partial charge is 0.271 e.